The molecule has 2 atom stereocenters. The molecule has 0 saturated carbocycles. The molecule has 0 fully saturated rings. The quantitative estimate of drug-likeness (QED) is 0.452. The van der Waals surface area contributed by atoms with Gasteiger partial charge in [0, 0.05) is 23.3 Å². The molecule has 2 aromatic rings. The van der Waals surface area contributed by atoms with Crippen LogP contribution in [0.2, 0.25) is 0 Å². The SMILES string of the molecule is CO[C@@](C(=O)O[C@@H](C)CCSc1ccccc1)(c1ccccc1)C(F)(F)F. The fourth-order valence-electron chi connectivity index (χ4n) is 2.57. The molecule has 0 aliphatic heterocycles. The first kappa shape index (κ1) is 21.3. The van der Waals surface area contributed by atoms with Crippen molar-refractivity contribution in [1.29, 1.82) is 0 Å². The third kappa shape index (κ3) is 5.05. The number of carbonyl (C=O) groups excluding carboxylic acids is 1. The number of halogens is 3. The highest BCUT2D eigenvalue weighted by molar-refractivity contribution is 7.99. The van der Waals surface area contributed by atoms with Crippen molar-refractivity contribution in [2.24, 2.45) is 0 Å². The lowest BCUT2D eigenvalue weighted by Crippen LogP contribution is -2.52. The predicted molar refractivity (Wildman–Crippen MR) is 98.5 cm³/mol. The molecule has 0 aliphatic carbocycles. The molecule has 0 spiro atoms. The maximum absolute atomic E-state index is 13.8. The molecule has 0 saturated heterocycles. The van der Waals surface area contributed by atoms with E-state index in [1.165, 1.54) is 24.3 Å². The molecule has 3 nitrogen and oxygen atoms in total. The Morgan fingerprint density at radius 1 is 1.04 bits per heavy atom. The van der Waals surface area contributed by atoms with Crippen LogP contribution in [0.5, 0.6) is 0 Å². The first-order valence-electron chi connectivity index (χ1n) is 8.37. The van der Waals surface area contributed by atoms with Gasteiger partial charge in [0.15, 0.2) is 0 Å². The Bertz CT molecular complexity index is 722. The number of hydrogen-bond acceptors (Lipinski definition) is 4. The van der Waals surface area contributed by atoms with Gasteiger partial charge >= 0.3 is 12.1 Å². The van der Waals surface area contributed by atoms with E-state index >= 15 is 0 Å². The lowest BCUT2D eigenvalue weighted by molar-refractivity contribution is -0.278. The van der Waals surface area contributed by atoms with E-state index in [9.17, 15) is 18.0 Å². The summed E-state index contributed by atoms with van der Waals surface area (Å²) in [7, 11) is 0.859. The number of hydrogen-bond donors (Lipinski definition) is 0. The molecule has 0 aliphatic rings. The zero-order valence-electron chi connectivity index (χ0n) is 15.0. The van der Waals surface area contributed by atoms with Gasteiger partial charge in [-0.25, -0.2) is 4.79 Å². The van der Waals surface area contributed by atoms with Crippen molar-refractivity contribution in [1.82, 2.24) is 0 Å². The van der Waals surface area contributed by atoms with Crippen LogP contribution in [0.1, 0.15) is 18.9 Å². The molecule has 2 rings (SSSR count). The molecule has 0 unspecified atom stereocenters. The Hall–Kier alpha value is -1.99. The van der Waals surface area contributed by atoms with Crippen LogP contribution in [-0.2, 0) is 19.9 Å². The van der Waals surface area contributed by atoms with E-state index in [0.717, 1.165) is 12.0 Å². The van der Waals surface area contributed by atoms with Crippen molar-refractivity contribution in [3.05, 3.63) is 66.2 Å². The molecule has 146 valence electrons. The van der Waals surface area contributed by atoms with Crippen LogP contribution >= 0.6 is 11.8 Å². The van der Waals surface area contributed by atoms with Crippen LogP contribution in [0.4, 0.5) is 13.2 Å². The summed E-state index contributed by atoms with van der Waals surface area (Å²) in [5.41, 5.74) is -3.45. The number of carbonyl (C=O) groups is 1. The summed E-state index contributed by atoms with van der Waals surface area (Å²) in [6.07, 6.45) is -5.23. The van der Waals surface area contributed by atoms with Gasteiger partial charge in [0.05, 0.1) is 6.10 Å². The van der Waals surface area contributed by atoms with E-state index in [0.29, 0.717) is 12.2 Å². The van der Waals surface area contributed by atoms with E-state index in [-0.39, 0.29) is 5.56 Å². The Labute approximate surface area is 160 Å². The summed E-state index contributed by atoms with van der Waals surface area (Å²) >= 11 is 1.55. The summed E-state index contributed by atoms with van der Waals surface area (Å²) in [5, 5.41) is 0. The second kappa shape index (κ2) is 9.28. The minimum Gasteiger partial charge on any atom is -0.460 e. The van der Waals surface area contributed by atoms with Crippen molar-refractivity contribution in [2.45, 2.75) is 36.1 Å². The summed E-state index contributed by atoms with van der Waals surface area (Å²) < 4.78 is 51.3. The first-order chi connectivity index (χ1) is 12.8. The van der Waals surface area contributed by atoms with E-state index in [4.69, 9.17) is 9.47 Å². The van der Waals surface area contributed by atoms with E-state index in [1.807, 2.05) is 30.3 Å². The van der Waals surface area contributed by atoms with E-state index < -0.39 is 23.9 Å². The average molecular weight is 398 g/mol. The number of alkyl halides is 3. The smallest absolute Gasteiger partial charge is 0.432 e. The molecule has 2 aromatic carbocycles. The lowest BCUT2D eigenvalue weighted by Gasteiger charge is -2.33. The molecule has 0 heterocycles. The maximum Gasteiger partial charge on any atom is 0.432 e. The lowest BCUT2D eigenvalue weighted by atomic mass is 9.92. The van der Waals surface area contributed by atoms with Crippen LogP contribution in [0.3, 0.4) is 0 Å². The van der Waals surface area contributed by atoms with Gasteiger partial charge in [0.2, 0.25) is 0 Å². The van der Waals surface area contributed by atoms with Crippen molar-refractivity contribution in [3.63, 3.8) is 0 Å². The van der Waals surface area contributed by atoms with Gasteiger partial charge in [-0.2, -0.15) is 13.2 Å². The number of methoxy groups -OCH3 is 1. The molecular weight excluding hydrogens is 377 g/mol. The number of benzene rings is 2. The average Bonchev–Trinajstić information content (AvgIpc) is 2.63. The van der Waals surface area contributed by atoms with Crippen LogP contribution in [-0.4, -0.2) is 31.1 Å². The monoisotopic (exact) mass is 398 g/mol. The molecule has 27 heavy (non-hydrogen) atoms. The standard InChI is InChI=1S/C20H21F3O3S/c1-15(13-14-27-17-11-7-4-8-12-17)26-18(24)19(25-2,20(21,22)23)16-9-5-3-6-10-16/h3-12,15H,13-14H2,1-2H3/t15-,19+/m0/s1. The first-order valence-corrected chi connectivity index (χ1v) is 9.36. The van der Waals surface area contributed by atoms with Crippen LogP contribution < -0.4 is 0 Å². The van der Waals surface area contributed by atoms with Crippen molar-refractivity contribution in [2.75, 3.05) is 12.9 Å². The molecular formula is C20H21F3O3S. The summed E-state index contributed by atoms with van der Waals surface area (Å²) in [6.45, 7) is 1.57. The van der Waals surface area contributed by atoms with Gasteiger partial charge in [0.25, 0.3) is 5.60 Å². The molecule has 0 aromatic heterocycles. The van der Waals surface area contributed by atoms with Crippen molar-refractivity contribution < 1.29 is 27.4 Å². The minimum absolute atomic E-state index is 0.309. The van der Waals surface area contributed by atoms with Crippen LogP contribution in [0, 0.1) is 0 Å². The maximum atomic E-state index is 13.8. The fourth-order valence-corrected chi connectivity index (χ4v) is 3.61. The summed E-state index contributed by atoms with van der Waals surface area (Å²) in [5.74, 6) is -0.851. The fraction of sp³-hybridized carbons (Fsp3) is 0.350. The van der Waals surface area contributed by atoms with Crippen molar-refractivity contribution >= 4 is 17.7 Å². The molecule has 0 amide bonds. The Balaban J connectivity index is 2.07. The van der Waals surface area contributed by atoms with E-state index in [1.54, 1.807) is 24.8 Å². The number of thioether (sulfide) groups is 1. The van der Waals surface area contributed by atoms with Gasteiger partial charge in [0.1, 0.15) is 0 Å². The number of ether oxygens (including phenoxy) is 2. The van der Waals surface area contributed by atoms with Gasteiger partial charge < -0.3 is 9.47 Å². The van der Waals surface area contributed by atoms with Crippen molar-refractivity contribution in [3.8, 4) is 0 Å². The normalized spacial score (nSPS) is 15.0. The Morgan fingerprint density at radius 2 is 1.59 bits per heavy atom. The molecule has 7 heteroatoms. The third-order valence-corrected chi connectivity index (χ3v) is 5.06. The summed E-state index contributed by atoms with van der Waals surface area (Å²) in [6, 6.07) is 16.4. The highest BCUT2D eigenvalue weighted by Crippen LogP contribution is 2.43. The van der Waals surface area contributed by atoms with Gasteiger partial charge in [-0.3, -0.25) is 0 Å². The van der Waals surface area contributed by atoms with E-state index in [2.05, 4.69) is 0 Å². The van der Waals surface area contributed by atoms with Gasteiger partial charge in [-0.1, -0.05) is 48.5 Å². The highest BCUT2D eigenvalue weighted by atomic mass is 32.2. The Kier molecular flexibility index (Phi) is 7.33. The summed E-state index contributed by atoms with van der Waals surface area (Å²) in [4.78, 5) is 13.6. The largest absolute Gasteiger partial charge is 0.460 e. The second-order valence-electron chi connectivity index (χ2n) is 5.92. The zero-order chi connectivity index (χ0) is 19.9. The number of esters is 1. The zero-order valence-corrected chi connectivity index (χ0v) is 15.8. The minimum atomic E-state index is -4.96. The van der Waals surface area contributed by atoms with Crippen LogP contribution in [0.15, 0.2) is 65.6 Å². The second-order valence-corrected chi connectivity index (χ2v) is 7.08. The molecule has 0 N–H and O–H groups in total. The Morgan fingerprint density at radius 3 is 2.11 bits per heavy atom. The molecule has 0 radical (unpaired) electrons. The topological polar surface area (TPSA) is 35.5 Å². The van der Waals surface area contributed by atoms with Crippen LogP contribution in [0.25, 0.3) is 0 Å². The van der Waals surface area contributed by atoms with Gasteiger partial charge in [-0.05, 0) is 25.5 Å². The predicted octanol–water partition coefficient (Wildman–Crippen LogP) is 5.20. The third-order valence-electron chi connectivity index (χ3n) is 4.02. The molecule has 0 bridgehead atoms. The number of rotatable bonds is 8. The van der Waals surface area contributed by atoms with Gasteiger partial charge in [-0.15, -0.1) is 11.8 Å². The highest BCUT2D eigenvalue weighted by Gasteiger charge is 2.64.